The number of rotatable bonds is 0. The average Bonchev–Trinajstić information content (AvgIpc) is 2.82. The minimum atomic E-state index is -0.0371. The predicted molar refractivity (Wildman–Crippen MR) is 49.2 cm³/mol. The molecule has 10 atom stereocenters. The van der Waals surface area contributed by atoms with Gasteiger partial charge in [0.2, 0.25) is 0 Å². The molecule has 2 N–H and O–H groups in total. The van der Waals surface area contributed by atoms with Crippen LogP contribution in [0.25, 0.3) is 0 Å². The summed E-state index contributed by atoms with van der Waals surface area (Å²) in [6.45, 7) is 0. The smallest absolute Gasteiger partial charge is 0.0608 e. The monoisotopic (exact) mass is 192 g/mol. The second-order valence-electron chi connectivity index (χ2n) is 6.35. The van der Waals surface area contributed by atoms with Gasteiger partial charge < -0.3 is 10.2 Å². The lowest BCUT2D eigenvalue weighted by atomic mass is 9.53. The van der Waals surface area contributed by atoms with E-state index >= 15 is 0 Å². The van der Waals surface area contributed by atoms with Gasteiger partial charge in [-0.2, -0.15) is 0 Å². The molecule has 0 spiro atoms. The highest BCUT2D eigenvalue weighted by molar-refractivity contribution is 5.27. The highest BCUT2D eigenvalue weighted by Gasteiger charge is 2.80. The van der Waals surface area contributed by atoms with Gasteiger partial charge in [0, 0.05) is 0 Å². The Morgan fingerprint density at radius 3 is 1.43 bits per heavy atom. The Bertz CT molecular complexity index is 284. The Hall–Kier alpha value is -0.0800. The quantitative estimate of drug-likeness (QED) is 0.586. The van der Waals surface area contributed by atoms with Crippen molar-refractivity contribution in [3.63, 3.8) is 0 Å². The molecule has 0 aromatic rings. The van der Waals surface area contributed by atoms with Crippen molar-refractivity contribution in [3.8, 4) is 0 Å². The molecule has 2 heteroatoms. The van der Waals surface area contributed by atoms with Gasteiger partial charge in [0.25, 0.3) is 0 Å². The Morgan fingerprint density at radius 1 is 0.571 bits per heavy atom. The first-order valence-corrected chi connectivity index (χ1v) is 6.17. The highest BCUT2D eigenvalue weighted by atomic mass is 16.3. The fourth-order valence-corrected chi connectivity index (χ4v) is 6.79. The first kappa shape index (κ1) is 7.24. The molecule has 6 rings (SSSR count). The third-order valence-corrected chi connectivity index (χ3v) is 6.61. The van der Waals surface area contributed by atoms with Crippen LogP contribution in [0.2, 0.25) is 0 Å². The Balaban J connectivity index is 1.80. The van der Waals surface area contributed by atoms with E-state index in [2.05, 4.69) is 0 Å². The predicted octanol–water partition coefficient (Wildman–Crippen LogP) is 0.486. The normalized spacial score (nSPS) is 81.0. The van der Waals surface area contributed by atoms with Crippen LogP contribution in [-0.2, 0) is 0 Å². The zero-order chi connectivity index (χ0) is 9.19. The summed E-state index contributed by atoms with van der Waals surface area (Å²) in [4.78, 5) is 0. The molecule has 0 amide bonds. The van der Waals surface area contributed by atoms with Gasteiger partial charge in [-0.25, -0.2) is 0 Å². The summed E-state index contributed by atoms with van der Waals surface area (Å²) in [5.74, 6) is 5.24. The van der Waals surface area contributed by atoms with E-state index in [0.29, 0.717) is 23.7 Å². The van der Waals surface area contributed by atoms with Crippen LogP contribution in [0, 0.1) is 47.3 Å². The lowest BCUT2D eigenvalue weighted by Crippen LogP contribution is -2.47. The summed E-state index contributed by atoms with van der Waals surface area (Å²) < 4.78 is 0. The molecule has 6 saturated carbocycles. The van der Waals surface area contributed by atoms with Crippen molar-refractivity contribution < 1.29 is 10.2 Å². The summed E-state index contributed by atoms with van der Waals surface area (Å²) in [5, 5.41) is 20.5. The van der Waals surface area contributed by atoms with Gasteiger partial charge in [-0.15, -0.1) is 0 Å². The van der Waals surface area contributed by atoms with Gasteiger partial charge in [0.1, 0.15) is 0 Å². The Morgan fingerprint density at radius 2 is 1.00 bits per heavy atom. The molecule has 6 bridgehead atoms. The number of fused-ring (bicyclic) bond motifs is 1. The Labute approximate surface area is 83.3 Å². The van der Waals surface area contributed by atoms with Crippen molar-refractivity contribution in [2.45, 2.75) is 25.0 Å². The first-order valence-electron chi connectivity index (χ1n) is 6.17. The number of hydrogen-bond acceptors (Lipinski definition) is 2. The van der Waals surface area contributed by atoms with Crippen molar-refractivity contribution in [2.24, 2.45) is 47.3 Å². The molecule has 2 nitrogen and oxygen atoms in total. The van der Waals surface area contributed by atoms with Crippen LogP contribution in [0.4, 0.5) is 0 Å². The second kappa shape index (κ2) is 1.80. The number of aliphatic hydroxyl groups is 2. The Kier molecular flexibility index (Phi) is 0.931. The van der Waals surface area contributed by atoms with E-state index in [1.165, 1.54) is 12.8 Å². The fraction of sp³-hybridized carbons (Fsp3) is 1.00. The zero-order valence-corrected chi connectivity index (χ0v) is 8.08. The lowest BCUT2D eigenvalue weighted by molar-refractivity contribution is -0.0478. The average molecular weight is 192 g/mol. The van der Waals surface area contributed by atoms with E-state index in [9.17, 15) is 10.2 Å². The van der Waals surface area contributed by atoms with Gasteiger partial charge in [0.05, 0.1) is 12.2 Å². The zero-order valence-electron chi connectivity index (χ0n) is 8.08. The first-order chi connectivity index (χ1) is 6.80. The minimum Gasteiger partial charge on any atom is -0.393 e. The molecule has 6 aliphatic rings. The molecule has 6 fully saturated rings. The van der Waals surface area contributed by atoms with Crippen LogP contribution >= 0.6 is 0 Å². The van der Waals surface area contributed by atoms with Gasteiger partial charge in [-0.1, -0.05) is 0 Å². The largest absolute Gasteiger partial charge is 0.393 e. The molecular weight excluding hydrogens is 176 g/mol. The van der Waals surface area contributed by atoms with E-state index < -0.39 is 0 Å². The van der Waals surface area contributed by atoms with Crippen molar-refractivity contribution in [1.82, 2.24) is 0 Å². The van der Waals surface area contributed by atoms with Crippen LogP contribution in [0.5, 0.6) is 0 Å². The summed E-state index contributed by atoms with van der Waals surface area (Å²) in [7, 11) is 0. The third-order valence-electron chi connectivity index (χ3n) is 6.61. The topological polar surface area (TPSA) is 40.5 Å². The maximum atomic E-state index is 10.2. The minimum absolute atomic E-state index is 0.0371. The molecule has 0 aromatic heterocycles. The van der Waals surface area contributed by atoms with Gasteiger partial charge >= 0.3 is 0 Å². The molecule has 76 valence electrons. The van der Waals surface area contributed by atoms with E-state index in [4.69, 9.17) is 0 Å². The maximum Gasteiger partial charge on any atom is 0.0608 e. The maximum absolute atomic E-state index is 10.2. The van der Waals surface area contributed by atoms with Crippen molar-refractivity contribution in [1.29, 1.82) is 0 Å². The molecule has 14 heavy (non-hydrogen) atoms. The van der Waals surface area contributed by atoms with Gasteiger partial charge in [-0.05, 0) is 60.2 Å². The lowest BCUT2D eigenvalue weighted by Gasteiger charge is -2.51. The summed E-state index contributed by atoms with van der Waals surface area (Å²) in [6.07, 6.45) is 2.62. The van der Waals surface area contributed by atoms with Crippen molar-refractivity contribution >= 4 is 0 Å². The van der Waals surface area contributed by atoms with Crippen LogP contribution < -0.4 is 0 Å². The fourth-order valence-electron chi connectivity index (χ4n) is 6.79. The van der Waals surface area contributed by atoms with Gasteiger partial charge in [0.15, 0.2) is 0 Å². The molecule has 0 aliphatic heterocycles. The van der Waals surface area contributed by atoms with Gasteiger partial charge in [-0.3, -0.25) is 0 Å². The summed E-state index contributed by atoms with van der Waals surface area (Å²) >= 11 is 0. The van der Waals surface area contributed by atoms with Crippen LogP contribution in [-0.4, -0.2) is 22.4 Å². The second-order valence-corrected chi connectivity index (χ2v) is 6.35. The molecule has 10 unspecified atom stereocenters. The molecular formula is C12H16O2. The molecule has 0 radical (unpaired) electrons. The molecule has 6 aliphatic carbocycles. The van der Waals surface area contributed by atoms with Crippen LogP contribution in [0.1, 0.15) is 12.8 Å². The van der Waals surface area contributed by atoms with Crippen LogP contribution in [0.15, 0.2) is 0 Å². The number of aliphatic hydroxyl groups excluding tert-OH is 2. The molecule has 0 heterocycles. The standard InChI is InChI=1S/C12H16O2/c13-11-7-3-1-2-4-6(7)10-9(11)5(3)8(4)12(10)14/h3-14H,1-2H2. The third kappa shape index (κ3) is 0.439. The number of hydrogen-bond donors (Lipinski definition) is 2. The van der Waals surface area contributed by atoms with E-state index in [-0.39, 0.29) is 12.2 Å². The van der Waals surface area contributed by atoms with E-state index in [1.54, 1.807) is 0 Å². The van der Waals surface area contributed by atoms with Crippen molar-refractivity contribution in [3.05, 3.63) is 0 Å². The summed E-state index contributed by atoms with van der Waals surface area (Å²) in [5.41, 5.74) is 0. The molecule has 0 aromatic carbocycles. The van der Waals surface area contributed by atoms with E-state index in [1.807, 2.05) is 0 Å². The summed E-state index contributed by atoms with van der Waals surface area (Å²) in [6, 6.07) is 0. The van der Waals surface area contributed by atoms with Crippen molar-refractivity contribution in [2.75, 3.05) is 0 Å². The SMILES string of the molecule is OC1C2C3CCC4C5C(O)C(C1C35)C42. The van der Waals surface area contributed by atoms with E-state index in [0.717, 1.165) is 23.7 Å². The highest BCUT2D eigenvalue weighted by Crippen LogP contribution is 2.79. The molecule has 0 saturated heterocycles. The van der Waals surface area contributed by atoms with Crippen LogP contribution in [0.3, 0.4) is 0 Å².